The smallest absolute Gasteiger partial charge is 1.00 e. The molecule has 2 amide bonds. The van der Waals surface area contributed by atoms with Gasteiger partial charge in [-0.1, -0.05) is 87.4 Å². The van der Waals surface area contributed by atoms with Gasteiger partial charge in [0.2, 0.25) is 0 Å². The number of nitrogens with zero attached hydrogens (tertiary/aromatic N) is 2. The zero-order valence-electron chi connectivity index (χ0n) is 28.6. The van der Waals surface area contributed by atoms with Gasteiger partial charge in [-0.05, 0) is 49.7 Å². The first-order valence-electron chi connectivity index (χ1n) is 15.5. The Kier molecular flexibility index (Phi) is 23.5. The summed E-state index contributed by atoms with van der Waals surface area (Å²) in [5.41, 5.74) is 1.93. The first kappa shape index (κ1) is 42.6. The number of β-amino-alcohol motifs (C(OH)–C–C–N with tert-alkyl or cyclic N) is 1. The summed E-state index contributed by atoms with van der Waals surface area (Å²) in [6.07, 6.45) is 4.68. The van der Waals surface area contributed by atoms with Crippen LogP contribution in [-0.2, 0) is 27.5 Å². The minimum Gasteiger partial charge on any atom is -1.00 e. The molecule has 0 bridgehead atoms. The Hall–Kier alpha value is -2.37. The zero-order valence-corrected chi connectivity index (χ0v) is 29.6. The Bertz CT molecular complexity index is 1090. The normalized spacial score (nSPS) is 19.9. The number of carbonyl (C=O) groups is 3. The first-order valence-corrected chi connectivity index (χ1v) is 15.5. The maximum Gasteiger partial charge on any atom is 1.00 e. The number of rotatable bonds is 4. The second-order valence-electron chi connectivity index (χ2n) is 11.2. The van der Waals surface area contributed by atoms with E-state index in [1.54, 1.807) is 11.8 Å². The summed E-state index contributed by atoms with van der Waals surface area (Å²) in [5, 5.41) is 17.6. The van der Waals surface area contributed by atoms with Crippen LogP contribution in [-0.4, -0.2) is 85.3 Å². The molecule has 0 saturated carbocycles. The third-order valence-electron chi connectivity index (χ3n) is 7.54. The van der Waals surface area contributed by atoms with Crippen LogP contribution in [0.3, 0.4) is 0 Å². The standard InChI is InChI=1S/C16H23NO3.C16H21NO3.C2H6O.B.Na.H/c2*1-13-7-5-6-10-17(11-15(13)18)16(19)20-12-14-8-3-2-4-9-14;1-2-3;;;/h2-4,8-9,13,15,18H,5-7,10-12H2,1H3;2-4,8-9,13H,5-7,10-12H2,1H3;3H,2H2,1H3;;;/q;;;;+1;-1. The fraction of sp³-hybridized carbons (Fsp3) is 0.559. The summed E-state index contributed by atoms with van der Waals surface area (Å²) < 4.78 is 10.6. The molecular weight excluding hydrogens is 582 g/mol. The number of hydrogen-bond donors (Lipinski definition) is 2. The van der Waals surface area contributed by atoms with Crippen molar-refractivity contribution in [1.82, 2.24) is 9.80 Å². The monoisotopic (exact) mass is 633 g/mol. The molecule has 2 fully saturated rings. The first-order chi connectivity index (χ1) is 20.7. The average molecular weight is 634 g/mol. The predicted molar refractivity (Wildman–Crippen MR) is 173 cm³/mol. The van der Waals surface area contributed by atoms with Crippen LogP contribution in [0, 0.1) is 11.8 Å². The van der Waals surface area contributed by atoms with E-state index in [9.17, 15) is 19.5 Å². The molecule has 3 radical (unpaired) electrons. The fourth-order valence-corrected chi connectivity index (χ4v) is 4.74. The number of likely N-dealkylation sites (tertiary alicyclic amines) is 2. The Labute approximate surface area is 295 Å². The molecule has 3 unspecified atom stereocenters. The summed E-state index contributed by atoms with van der Waals surface area (Å²) in [5.74, 6) is 0.404. The SMILES string of the molecule is CC1CCCCN(C(=O)OCc2ccccc2)CC1=O.CC1CCCCN(C(=O)OCc2ccccc2)CC1O.CCO.[B].[H-].[Na+]. The van der Waals surface area contributed by atoms with Crippen molar-refractivity contribution >= 4 is 26.4 Å². The van der Waals surface area contributed by atoms with E-state index >= 15 is 0 Å². The van der Waals surface area contributed by atoms with Crippen LogP contribution >= 0.6 is 0 Å². The number of carbonyl (C=O) groups excluding carboxylic acids is 3. The molecule has 2 saturated heterocycles. The van der Waals surface area contributed by atoms with E-state index in [2.05, 4.69) is 0 Å². The average Bonchev–Trinajstić information content (AvgIpc) is 3.01. The molecule has 4 rings (SSSR count). The van der Waals surface area contributed by atoms with Gasteiger partial charge in [-0.2, -0.15) is 0 Å². The number of amides is 2. The number of ketones is 1. The molecule has 3 atom stereocenters. The van der Waals surface area contributed by atoms with Crippen molar-refractivity contribution in [2.75, 3.05) is 32.8 Å². The number of benzene rings is 2. The molecule has 2 aromatic rings. The van der Waals surface area contributed by atoms with Gasteiger partial charge >= 0.3 is 41.7 Å². The molecular formula is C34H51BN2NaO7. The summed E-state index contributed by atoms with van der Waals surface area (Å²) in [6, 6.07) is 19.2. The van der Waals surface area contributed by atoms with Crippen LogP contribution in [0.25, 0.3) is 0 Å². The summed E-state index contributed by atoms with van der Waals surface area (Å²) in [7, 11) is 0. The number of Topliss-reactive ketones (excluding diaryl/α,β-unsaturated/α-hetero) is 1. The van der Waals surface area contributed by atoms with Gasteiger partial charge in [-0.3, -0.25) is 4.79 Å². The molecule has 11 heteroatoms. The van der Waals surface area contributed by atoms with E-state index in [0.717, 1.165) is 49.7 Å². The topological polar surface area (TPSA) is 117 Å². The number of hydrogen-bond acceptors (Lipinski definition) is 7. The van der Waals surface area contributed by atoms with Gasteiger partial charge in [-0.25, -0.2) is 9.59 Å². The van der Waals surface area contributed by atoms with Gasteiger partial charge in [0.05, 0.1) is 19.2 Å². The molecule has 0 spiro atoms. The third kappa shape index (κ3) is 17.2. The molecule has 2 heterocycles. The minimum absolute atomic E-state index is 0. The summed E-state index contributed by atoms with van der Waals surface area (Å²) in [4.78, 5) is 39.2. The molecule has 9 nitrogen and oxygen atoms in total. The van der Waals surface area contributed by atoms with Crippen LogP contribution in [0.1, 0.15) is 71.8 Å². The van der Waals surface area contributed by atoms with E-state index in [1.165, 1.54) is 4.90 Å². The van der Waals surface area contributed by atoms with Gasteiger partial charge in [0.1, 0.15) is 13.2 Å². The van der Waals surface area contributed by atoms with E-state index in [1.807, 2.05) is 74.5 Å². The fourth-order valence-electron chi connectivity index (χ4n) is 4.74. The van der Waals surface area contributed by atoms with Gasteiger partial charge in [0, 0.05) is 34.0 Å². The molecule has 2 aliphatic heterocycles. The van der Waals surface area contributed by atoms with Crippen molar-refractivity contribution in [2.24, 2.45) is 11.8 Å². The third-order valence-corrected chi connectivity index (χ3v) is 7.54. The number of aliphatic hydroxyl groups excluding tert-OH is 2. The van der Waals surface area contributed by atoms with E-state index in [0.29, 0.717) is 19.6 Å². The zero-order chi connectivity index (χ0) is 31.5. The van der Waals surface area contributed by atoms with Crippen LogP contribution in [0.15, 0.2) is 60.7 Å². The van der Waals surface area contributed by atoms with Crippen LogP contribution in [0.4, 0.5) is 9.59 Å². The van der Waals surface area contributed by atoms with E-state index in [-0.39, 0.29) is 89.5 Å². The van der Waals surface area contributed by atoms with Gasteiger partial charge in [0.15, 0.2) is 5.78 Å². The van der Waals surface area contributed by atoms with Crippen molar-refractivity contribution in [3.63, 3.8) is 0 Å². The number of ether oxygens (including phenoxy) is 2. The Morgan fingerprint density at radius 3 is 1.78 bits per heavy atom. The van der Waals surface area contributed by atoms with E-state index < -0.39 is 12.2 Å². The second-order valence-corrected chi connectivity index (χ2v) is 11.2. The van der Waals surface area contributed by atoms with Gasteiger partial charge in [0.25, 0.3) is 0 Å². The summed E-state index contributed by atoms with van der Waals surface area (Å²) >= 11 is 0. The Morgan fingerprint density at radius 1 is 0.822 bits per heavy atom. The quantitative estimate of drug-likeness (QED) is 0.498. The maximum absolute atomic E-state index is 12.1. The minimum atomic E-state index is -0.459. The molecule has 0 aromatic heterocycles. The van der Waals surface area contributed by atoms with Crippen molar-refractivity contribution in [2.45, 2.75) is 78.6 Å². The van der Waals surface area contributed by atoms with E-state index in [4.69, 9.17) is 14.6 Å². The molecule has 0 aliphatic carbocycles. The molecule has 2 aliphatic rings. The molecule has 2 aromatic carbocycles. The van der Waals surface area contributed by atoms with Crippen molar-refractivity contribution in [1.29, 1.82) is 0 Å². The summed E-state index contributed by atoms with van der Waals surface area (Å²) in [6.45, 7) is 8.24. The van der Waals surface area contributed by atoms with Crippen molar-refractivity contribution < 1.29 is 65.1 Å². The number of aliphatic hydroxyl groups is 2. The molecule has 2 N–H and O–H groups in total. The Morgan fingerprint density at radius 2 is 1.27 bits per heavy atom. The van der Waals surface area contributed by atoms with Gasteiger partial charge < -0.3 is 30.9 Å². The largest absolute Gasteiger partial charge is 1.00 e. The second kappa shape index (κ2) is 24.8. The predicted octanol–water partition coefficient (Wildman–Crippen LogP) is 2.55. The van der Waals surface area contributed by atoms with Crippen LogP contribution in [0.2, 0.25) is 0 Å². The molecule has 45 heavy (non-hydrogen) atoms. The van der Waals surface area contributed by atoms with Crippen molar-refractivity contribution in [3.05, 3.63) is 71.8 Å². The molecule has 243 valence electrons. The maximum atomic E-state index is 12.1. The van der Waals surface area contributed by atoms with Gasteiger partial charge in [-0.15, -0.1) is 0 Å². The van der Waals surface area contributed by atoms with Crippen molar-refractivity contribution in [3.8, 4) is 0 Å². The van der Waals surface area contributed by atoms with Crippen LogP contribution < -0.4 is 29.6 Å². The van der Waals surface area contributed by atoms with Crippen LogP contribution in [0.5, 0.6) is 0 Å². The Balaban J connectivity index is 0.